The molecule has 84 valence electrons. The fraction of sp³-hybridized carbons (Fsp3) is 0.500. The number of benzene rings is 1. The van der Waals surface area contributed by atoms with Gasteiger partial charge in [-0.15, -0.1) is 0 Å². The van der Waals surface area contributed by atoms with Gasteiger partial charge >= 0.3 is 0 Å². The van der Waals surface area contributed by atoms with E-state index < -0.39 is 5.82 Å². The van der Waals surface area contributed by atoms with Crippen LogP contribution in [-0.2, 0) is 11.8 Å². The van der Waals surface area contributed by atoms with Crippen LogP contribution in [0.5, 0.6) is 5.75 Å². The third-order valence-electron chi connectivity index (χ3n) is 2.45. The smallest absolute Gasteiger partial charge is 0.169 e. The second-order valence-corrected chi connectivity index (χ2v) is 5.50. The van der Waals surface area contributed by atoms with Gasteiger partial charge in [0.2, 0.25) is 0 Å². The molecule has 3 heteroatoms. The summed E-state index contributed by atoms with van der Waals surface area (Å²) in [6.45, 7) is 7.69. The van der Waals surface area contributed by atoms with E-state index in [2.05, 4.69) is 15.9 Å². The van der Waals surface area contributed by atoms with Crippen LogP contribution in [-0.4, -0.2) is 5.11 Å². The molecule has 15 heavy (non-hydrogen) atoms. The Morgan fingerprint density at radius 2 is 1.93 bits per heavy atom. The largest absolute Gasteiger partial charge is 0.505 e. The number of aromatic hydroxyl groups is 1. The van der Waals surface area contributed by atoms with E-state index >= 15 is 0 Å². The summed E-state index contributed by atoms with van der Waals surface area (Å²) in [4.78, 5) is 0. The molecule has 1 aromatic carbocycles. The predicted molar refractivity (Wildman–Crippen MR) is 63.8 cm³/mol. The molecule has 0 unspecified atom stereocenters. The fourth-order valence-electron chi connectivity index (χ4n) is 1.54. The maximum Gasteiger partial charge on any atom is 0.169 e. The van der Waals surface area contributed by atoms with Crippen molar-refractivity contribution in [3.63, 3.8) is 0 Å². The third-order valence-corrected chi connectivity index (χ3v) is 3.16. The monoisotopic (exact) mass is 274 g/mol. The lowest BCUT2D eigenvalue weighted by Crippen LogP contribution is -2.13. The van der Waals surface area contributed by atoms with Crippen LogP contribution in [0.2, 0.25) is 0 Å². The lowest BCUT2D eigenvalue weighted by atomic mass is 9.85. The highest BCUT2D eigenvalue weighted by Crippen LogP contribution is 2.37. The van der Waals surface area contributed by atoms with Crippen molar-refractivity contribution in [2.75, 3.05) is 0 Å². The molecule has 0 saturated carbocycles. The van der Waals surface area contributed by atoms with Gasteiger partial charge < -0.3 is 5.11 Å². The van der Waals surface area contributed by atoms with Crippen molar-refractivity contribution in [2.24, 2.45) is 0 Å². The van der Waals surface area contributed by atoms with Crippen LogP contribution in [0.15, 0.2) is 10.5 Å². The molecule has 0 aliphatic rings. The Morgan fingerprint density at radius 3 is 2.33 bits per heavy atom. The molecule has 0 bridgehead atoms. The second-order valence-electron chi connectivity index (χ2n) is 4.65. The molecular formula is C12H16BrFO. The van der Waals surface area contributed by atoms with E-state index in [1.165, 1.54) is 0 Å². The number of hydrogen-bond donors (Lipinski definition) is 1. The molecule has 1 nitrogen and oxygen atoms in total. The Balaban J connectivity index is 3.48. The SMILES string of the molecule is CCc1c(Br)cc(C(C)(C)C)c(O)c1F. The number of phenols is 1. The van der Waals surface area contributed by atoms with Gasteiger partial charge in [0, 0.05) is 15.6 Å². The zero-order chi connectivity index (χ0) is 11.8. The van der Waals surface area contributed by atoms with Crippen LogP contribution in [0.1, 0.15) is 38.8 Å². The maximum absolute atomic E-state index is 13.8. The fourth-order valence-corrected chi connectivity index (χ4v) is 2.23. The van der Waals surface area contributed by atoms with Crippen molar-refractivity contribution < 1.29 is 9.50 Å². The van der Waals surface area contributed by atoms with E-state index in [0.29, 0.717) is 17.5 Å². The molecule has 0 aromatic heterocycles. The van der Waals surface area contributed by atoms with E-state index in [1.807, 2.05) is 27.7 Å². The van der Waals surface area contributed by atoms with Crippen LogP contribution in [0.4, 0.5) is 4.39 Å². The second kappa shape index (κ2) is 4.12. The molecule has 0 atom stereocenters. The van der Waals surface area contributed by atoms with Crippen LogP contribution in [0.3, 0.4) is 0 Å². The van der Waals surface area contributed by atoms with Crippen LogP contribution in [0.25, 0.3) is 0 Å². The quantitative estimate of drug-likeness (QED) is 0.816. The van der Waals surface area contributed by atoms with Crippen molar-refractivity contribution >= 4 is 15.9 Å². The Hall–Kier alpha value is -0.570. The zero-order valence-corrected chi connectivity index (χ0v) is 11.1. The summed E-state index contributed by atoms with van der Waals surface area (Å²) in [7, 11) is 0. The highest BCUT2D eigenvalue weighted by Gasteiger charge is 2.23. The van der Waals surface area contributed by atoms with E-state index in [9.17, 15) is 9.50 Å². The van der Waals surface area contributed by atoms with Gasteiger partial charge in [-0.2, -0.15) is 0 Å². The van der Waals surface area contributed by atoms with Crippen molar-refractivity contribution in [3.05, 3.63) is 27.5 Å². The summed E-state index contributed by atoms with van der Waals surface area (Å²) in [6, 6.07) is 1.80. The average Bonchev–Trinajstić information content (AvgIpc) is 2.10. The number of phenolic OH excluding ortho intramolecular Hbond substituents is 1. The first-order valence-corrected chi connectivity index (χ1v) is 5.78. The molecule has 1 aromatic rings. The lowest BCUT2D eigenvalue weighted by Gasteiger charge is -2.22. The van der Waals surface area contributed by atoms with Crippen molar-refractivity contribution in [1.82, 2.24) is 0 Å². The third kappa shape index (κ3) is 2.33. The molecule has 0 radical (unpaired) electrons. The standard InChI is InChI=1S/C12H16BrFO/c1-5-7-9(13)6-8(12(2,3)4)11(15)10(7)14/h6,15H,5H2,1-4H3. The van der Waals surface area contributed by atoms with E-state index in [4.69, 9.17) is 0 Å². The average molecular weight is 275 g/mol. The summed E-state index contributed by atoms with van der Waals surface area (Å²) < 4.78 is 14.5. The van der Waals surface area contributed by atoms with Gasteiger partial charge in [0.25, 0.3) is 0 Å². The molecule has 0 saturated heterocycles. The van der Waals surface area contributed by atoms with Crippen LogP contribution in [0, 0.1) is 5.82 Å². The topological polar surface area (TPSA) is 20.2 Å². The Kier molecular flexibility index (Phi) is 3.44. The Labute approximate surface area is 98.4 Å². The minimum Gasteiger partial charge on any atom is -0.505 e. The van der Waals surface area contributed by atoms with Gasteiger partial charge in [0.05, 0.1) is 0 Å². The van der Waals surface area contributed by atoms with Crippen molar-refractivity contribution in [2.45, 2.75) is 39.5 Å². The van der Waals surface area contributed by atoms with Gasteiger partial charge in [-0.25, -0.2) is 4.39 Å². The maximum atomic E-state index is 13.8. The normalized spacial score (nSPS) is 11.9. The molecule has 1 N–H and O–H groups in total. The Morgan fingerprint density at radius 1 is 1.40 bits per heavy atom. The number of hydrogen-bond acceptors (Lipinski definition) is 1. The lowest BCUT2D eigenvalue weighted by molar-refractivity contribution is 0.406. The van der Waals surface area contributed by atoms with E-state index in [1.54, 1.807) is 6.07 Å². The molecule has 0 aliphatic heterocycles. The van der Waals surface area contributed by atoms with Gasteiger partial charge in [0.1, 0.15) is 0 Å². The van der Waals surface area contributed by atoms with Crippen molar-refractivity contribution in [3.8, 4) is 5.75 Å². The van der Waals surface area contributed by atoms with Crippen LogP contribution < -0.4 is 0 Å². The summed E-state index contributed by atoms with van der Waals surface area (Å²) in [6.07, 6.45) is 0.560. The van der Waals surface area contributed by atoms with E-state index in [-0.39, 0.29) is 11.2 Å². The summed E-state index contributed by atoms with van der Waals surface area (Å²) in [5.41, 5.74) is 0.893. The first kappa shape index (κ1) is 12.5. The molecule has 0 fully saturated rings. The highest BCUT2D eigenvalue weighted by molar-refractivity contribution is 9.10. The van der Waals surface area contributed by atoms with Gasteiger partial charge in [-0.1, -0.05) is 43.6 Å². The molecular weight excluding hydrogens is 259 g/mol. The van der Waals surface area contributed by atoms with Crippen molar-refractivity contribution in [1.29, 1.82) is 0 Å². The van der Waals surface area contributed by atoms with E-state index in [0.717, 1.165) is 4.47 Å². The number of halogens is 2. The minimum atomic E-state index is -0.503. The molecule has 1 rings (SSSR count). The van der Waals surface area contributed by atoms with Gasteiger partial charge in [-0.05, 0) is 17.9 Å². The highest BCUT2D eigenvalue weighted by atomic mass is 79.9. The molecule has 0 spiro atoms. The minimum absolute atomic E-state index is 0.220. The molecule has 0 heterocycles. The number of rotatable bonds is 1. The first-order valence-electron chi connectivity index (χ1n) is 4.99. The van der Waals surface area contributed by atoms with Gasteiger partial charge in [-0.3, -0.25) is 0 Å². The summed E-state index contributed by atoms with van der Waals surface area (Å²) in [5.74, 6) is -0.723. The molecule has 0 amide bonds. The summed E-state index contributed by atoms with van der Waals surface area (Å²) >= 11 is 3.33. The Bertz CT molecular complexity index is 380. The molecule has 0 aliphatic carbocycles. The van der Waals surface area contributed by atoms with Crippen LogP contribution >= 0.6 is 15.9 Å². The van der Waals surface area contributed by atoms with Gasteiger partial charge in [0.15, 0.2) is 11.6 Å². The first-order chi connectivity index (χ1) is 6.79. The predicted octanol–water partition coefficient (Wildman–Crippen LogP) is 4.15. The summed E-state index contributed by atoms with van der Waals surface area (Å²) in [5, 5.41) is 9.77. The zero-order valence-electron chi connectivity index (χ0n) is 9.49.